The van der Waals surface area contributed by atoms with Crippen LogP contribution in [-0.2, 0) is 11.9 Å². The smallest absolute Gasteiger partial charge is 0.416 e. The molecule has 0 aliphatic rings. The van der Waals surface area contributed by atoms with Crippen LogP contribution in [-0.4, -0.2) is 14.5 Å². The predicted molar refractivity (Wildman–Crippen MR) is 142 cm³/mol. The van der Waals surface area contributed by atoms with Gasteiger partial charge in [0, 0.05) is 35.0 Å². The fourth-order valence-corrected chi connectivity index (χ4v) is 5.61. The summed E-state index contributed by atoms with van der Waals surface area (Å²) in [6, 6.07) is 21.4. The molecule has 0 aliphatic carbocycles. The molecule has 6 aromatic rings. The molecular formula is C28H16F3N3O4S. The normalized spacial score (nSPS) is 12.0. The van der Waals surface area contributed by atoms with Crippen molar-refractivity contribution >= 4 is 50.2 Å². The monoisotopic (exact) mass is 547 g/mol. The molecule has 0 atom stereocenters. The number of thioether (sulfide) groups is 1. The summed E-state index contributed by atoms with van der Waals surface area (Å²) in [5.41, 5.74) is 0.387. The van der Waals surface area contributed by atoms with Gasteiger partial charge in [0.05, 0.1) is 21.5 Å². The minimum Gasteiger partial charge on any atom is -0.423 e. The molecule has 4 aromatic carbocycles. The third kappa shape index (κ3) is 4.50. The van der Waals surface area contributed by atoms with Gasteiger partial charge in [-0.15, -0.1) is 0 Å². The number of nitro groups is 1. The number of non-ortho nitro benzene ring substituents is 1. The molecule has 0 radical (unpaired) electrons. The van der Waals surface area contributed by atoms with E-state index in [2.05, 4.69) is 4.98 Å². The van der Waals surface area contributed by atoms with Crippen LogP contribution in [0.3, 0.4) is 0 Å². The Morgan fingerprint density at radius 2 is 1.79 bits per heavy atom. The summed E-state index contributed by atoms with van der Waals surface area (Å²) in [7, 11) is 0. The molecule has 0 N–H and O–H groups in total. The van der Waals surface area contributed by atoms with Gasteiger partial charge in [-0.3, -0.25) is 14.7 Å². The lowest BCUT2D eigenvalue weighted by molar-refractivity contribution is -0.384. The highest BCUT2D eigenvalue weighted by Gasteiger charge is 2.31. The molecule has 6 rings (SSSR count). The van der Waals surface area contributed by atoms with E-state index in [-0.39, 0.29) is 22.6 Å². The molecule has 194 valence electrons. The number of halogens is 3. The number of hydrogen-bond donors (Lipinski definition) is 0. The van der Waals surface area contributed by atoms with E-state index in [0.29, 0.717) is 21.8 Å². The Kier molecular flexibility index (Phi) is 5.87. The standard InChI is InChI=1S/C28H16F3N3O4S/c29-28(30,31)18-5-3-6-19(13-18)33-23-10-9-20(34(36)37)14-22(23)32-27(33)39-15-17-12-25(35)38-24-11-8-16-4-1-2-7-21(16)26(17)24/h1-14H,15H2. The third-order valence-electron chi connectivity index (χ3n) is 6.32. The quantitative estimate of drug-likeness (QED) is 0.0730. The molecule has 2 heterocycles. The second kappa shape index (κ2) is 9.28. The van der Waals surface area contributed by atoms with Crippen LogP contribution in [0.5, 0.6) is 0 Å². The van der Waals surface area contributed by atoms with Crippen molar-refractivity contribution in [3.05, 3.63) is 117 Å². The molecule has 11 heteroatoms. The first kappa shape index (κ1) is 24.7. The van der Waals surface area contributed by atoms with Crippen LogP contribution in [0.15, 0.2) is 99.3 Å². The Hall–Kier alpha value is -4.64. The van der Waals surface area contributed by atoms with Crippen LogP contribution < -0.4 is 5.63 Å². The molecule has 7 nitrogen and oxygen atoms in total. The predicted octanol–water partition coefficient (Wildman–Crippen LogP) is 7.50. The van der Waals surface area contributed by atoms with Crippen LogP contribution in [0.2, 0.25) is 0 Å². The van der Waals surface area contributed by atoms with Crippen molar-refractivity contribution in [2.75, 3.05) is 0 Å². The number of alkyl halides is 3. The lowest BCUT2D eigenvalue weighted by Crippen LogP contribution is -2.06. The molecule has 2 aromatic heterocycles. The van der Waals surface area contributed by atoms with Gasteiger partial charge in [-0.2, -0.15) is 13.2 Å². The van der Waals surface area contributed by atoms with E-state index >= 15 is 0 Å². The lowest BCUT2D eigenvalue weighted by Gasteiger charge is -2.13. The molecule has 0 unspecified atom stereocenters. The first-order valence-corrected chi connectivity index (χ1v) is 12.6. The molecular weight excluding hydrogens is 531 g/mol. The van der Waals surface area contributed by atoms with Crippen molar-refractivity contribution in [3.8, 4) is 5.69 Å². The second-order valence-electron chi connectivity index (χ2n) is 8.75. The zero-order valence-electron chi connectivity index (χ0n) is 19.8. The zero-order chi connectivity index (χ0) is 27.3. The van der Waals surface area contributed by atoms with Gasteiger partial charge >= 0.3 is 11.8 Å². The highest BCUT2D eigenvalue weighted by molar-refractivity contribution is 7.98. The van der Waals surface area contributed by atoms with E-state index < -0.39 is 22.3 Å². The number of rotatable bonds is 5. The molecule has 0 spiro atoms. The van der Waals surface area contributed by atoms with Crippen LogP contribution in [0.4, 0.5) is 18.9 Å². The number of imidazole rings is 1. The fraction of sp³-hybridized carbons (Fsp3) is 0.0714. The highest BCUT2D eigenvalue weighted by atomic mass is 32.2. The van der Waals surface area contributed by atoms with Gasteiger partial charge < -0.3 is 4.42 Å². The van der Waals surface area contributed by atoms with Crippen LogP contribution in [0.1, 0.15) is 11.1 Å². The number of nitro benzene ring substituents is 1. The molecule has 39 heavy (non-hydrogen) atoms. The van der Waals surface area contributed by atoms with Gasteiger partial charge in [0.15, 0.2) is 5.16 Å². The molecule has 0 amide bonds. The summed E-state index contributed by atoms with van der Waals surface area (Å²) in [5.74, 6) is 0.237. The summed E-state index contributed by atoms with van der Waals surface area (Å²) in [4.78, 5) is 27.7. The SMILES string of the molecule is O=c1cc(CSc2nc3cc([N+](=O)[O-])ccc3n2-c2cccc(C(F)(F)F)c2)c2c(ccc3ccccc32)o1. The van der Waals surface area contributed by atoms with Gasteiger partial charge in [0.25, 0.3) is 5.69 Å². The van der Waals surface area contributed by atoms with Gasteiger partial charge in [-0.05, 0) is 46.7 Å². The van der Waals surface area contributed by atoms with Crippen molar-refractivity contribution in [2.24, 2.45) is 0 Å². The van der Waals surface area contributed by atoms with E-state index in [0.717, 1.165) is 28.3 Å². The van der Waals surface area contributed by atoms with Crippen molar-refractivity contribution in [3.63, 3.8) is 0 Å². The number of hydrogen-bond acceptors (Lipinski definition) is 6. The Labute approximate surface area is 221 Å². The van der Waals surface area contributed by atoms with Crippen LogP contribution in [0.25, 0.3) is 38.5 Å². The summed E-state index contributed by atoms with van der Waals surface area (Å²) in [5, 5.41) is 14.2. The first-order chi connectivity index (χ1) is 18.7. The average molecular weight is 548 g/mol. The van der Waals surface area contributed by atoms with Crippen molar-refractivity contribution < 1.29 is 22.5 Å². The van der Waals surface area contributed by atoms with Gasteiger partial charge in [0.1, 0.15) is 5.58 Å². The molecule has 0 saturated carbocycles. The third-order valence-corrected chi connectivity index (χ3v) is 7.31. The van der Waals surface area contributed by atoms with E-state index in [9.17, 15) is 28.1 Å². The van der Waals surface area contributed by atoms with Gasteiger partial charge in [-0.1, -0.05) is 48.2 Å². The summed E-state index contributed by atoms with van der Waals surface area (Å²) < 4.78 is 47.5. The van der Waals surface area contributed by atoms with Gasteiger partial charge in [-0.25, -0.2) is 9.78 Å². The summed E-state index contributed by atoms with van der Waals surface area (Å²) in [6.07, 6.45) is -4.56. The van der Waals surface area contributed by atoms with Crippen molar-refractivity contribution in [1.82, 2.24) is 9.55 Å². The van der Waals surface area contributed by atoms with E-state index in [1.807, 2.05) is 30.3 Å². The molecule has 0 saturated heterocycles. The zero-order valence-corrected chi connectivity index (χ0v) is 20.6. The summed E-state index contributed by atoms with van der Waals surface area (Å²) >= 11 is 1.20. The minimum atomic E-state index is -4.56. The molecule has 0 aliphatic heterocycles. The van der Waals surface area contributed by atoms with Crippen molar-refractivity contribution in [2.45, 2.75) is 17.1 Å². The van der Waals surface area contributed by atoms with E-state index in [1.54, 1.807) is 6.07 Å². The Morgan fingerprint density at radius 1 is 0.974 bits per heavy atom. The lowest BCUT2D eigenvalue weighted by atomic mass is 10.0. The topological polar surface area (TPSA) is 91.2 Å². The molecule has 0 fully saturated rings. The highest BCUT2D eigenvalue weighted by Crippen LogP contribution is 2.36. The fourth-order valence-electron chi connectivity index (χ4n) is 4.60. The Balaban J connectivity index is 1.51. The van der Waals surface area contributed by atoms with Gasteiger partial charge in [0.2, 0.25) is 0 Å². The number of nitrogens with zero attached hydrogens (tertiary/aromatic N) is 3. The second-order valence-corrected chi connectivity index (χ2v) is 9.69. The Morgan fingerprint density at radius 3 is 2.59 bits per heavy atom. The Bertz CT molecular complexity index is 1980. The largest absolute Gasteiger partial charge is 0.423 e. The number of fused-ring (bicyclic) bond motifs is 4. The van der Waals surface area contributed by atoms with Crippen LogP contribution in [0, 0.1) is 10.1 Å². The minimum absolute atomic E-state index is 0.189. The van der Waals surface area contributed by atoms with E-state index in [1.165, 1.54) is 52.7 Å². The van der Waals surface area contributed by atoms with Crippen molar-refractivity contribution in [1.29, 1.82) is 0 Å². The maximum atomic E-state index is 13.5. The number of benzene rings is 4. The first-order valence-electron chi connectivity index (χ1n) is 11.6. The van der Waals surface area contributed by atoms with Crippen LogP contribution >= 0.6 is 11.8 Å². The number of aromatic nitrogens is 2. The maximum absolute atomic E-state index is 13.5. The maximum Gasteiger partial charge on any atom is 0.416 e. The van der Waals surface area contributed by atoms with E-state index in [4.69, 9.17) is 4.42 Å². The average Bonchev–Trinajstić information content (AvgIpc) is 3.28. The summed E-state index contributed by atoms with van der Waals surface area (Å²) in [6.45, 7) is 0. The molecule has 0 bridgehead atoms.